The van der Waals surface area contributed by atoms with Gasteiger partial charge in [-0.3, -0.25) is 0 Å². The highest BCUT2D eigenvalue weighted by Gasteiger charge is 2.37. The number of anilines is 1. The second-order valence-electron chi connectivity index (χ2n) is 6.29. The molecule has 2 fully saturated rings. The lowest BCUT2D eigenvalue weighted by atomic mass is 10.00. The van der Waals surface area contributed by atoms with Gasteiger partial charge < -0.3 is 10.2 Å². The molecule has 2 unspecified atom stereocenters. The van der Waals surface area contributed by atoms with E-state index >= 15 is 0 Å². The van der Waals surface area contributed by atoms with Crippen LogP contribution >= 0.6 is 0 Å². The summed E-state index contributed by atoms with van der Waals surface area (Å²) >= 11 is 0. The van der Waals surface area contributed by atoms with E-state index in [9.17, 15) is 0 Å². The van der Waals surface area contributed by atoms with Gasteiger partial charge in [-0.1, -0.05) is 19.1 Å². The summed E-state index contributed by atoms with van der Waals surface area (Å²) in [4.78, 5) is 2.67. The number of rotatable bonds is 3. The van der Waals surface area contributed by atoms with Crippen LogP contribution in [0.2, 0.25) is 0 Å². The number of aryl methyl sites for hydroxylation is 1. The number of nitrogens with zero attached hydrogens (tertiary/aromatic N) is 1. The van der Waals surface area contributed by atoms with E-state index in [0.29, 0.717) is 12.1 Å². The highest BCUT2D eigenvalue weighted by molar-refractivity contribution is 5.57. The summed E-state index contributed by atoms with van der Waals surface area (Å²) in [6.45, 7) is 9.13. The lowest BCUT2D eigenvalue weighted by molar-refractivity contribution is 0.359. The highest BCUT2D eigenvalue weighted by atomic mass is 15.2. The lowest BCUT2D eigenvalue weighted by Crippen LogP contribution is -2.57. The van der Waals surface area contributed by atoms with Crippen LogP contribution < -0.4 is 10.2 Å². The van der Waals surface area contributed by atoms with Gasteiger partial charge in [-0.2, -0.15) is 0 Å². The van der Waals surface area contributed by atoms with E-state index in [4.69, 9.17) is 0 Å². The van der Waals surface area contributed by atoms with Crippen LogP contribution in [0.5, 0.6) is 0 Å². The van der Waals surface area contributed by atoms with E-state index in [2.05, 4.69) is 49.2 Å². The van der Waals surface area contributed by atoms with Crippen molar-refractivity contribution < 1.29 is 0 Å². The summed E-state index contributed by atoms with van der Waals surface area (Å²) in [5.74, 6) is 0.936. The van der Waals surface area contributed by atoms with Crippen molar-refractivity contribution in [3.63, 3.8) is 0 Å². The van der Waals surface area contributed by atoms with E-state index in [1.54, 1.807) is 0 Å². The molecule has 1 aromatic carbocycles. The molecule has 1 aliphatic heterocycles. The fraction of sp³-hybridized carbons (Fsp3) is 0.647. The quantitative estimate of drug-likeness (QED) is 0.895. The molecular formula is C17H26N2. The van der Waals surface area contributed by atoms with E-state index in [1.165, 1.54) is 42.6 Å². The third-order valence-corrected chi connectivity index (χ3v) is 5.00. The summed E-state index contributed by atoms with van der Waals surface area (Å²) in [7, 11) is 0. The topological polar surface area (TPSA) is 15.3 Å². The van der Waals surface area contributed by atoms with Gasteiger partial charge in [-0.05, 0) is 56.2 Å². The second kappa shape index (κ2) is 5.16. The molecule has 1 saturated heterocycles. The minimum atomic E-state index is 0.649. The molecule has 3 rings (SSSR count). The summed E-state index contributed by atoms with van der Waals surface area (Å²) in [5.41, 5.74) is 4.32. The number of hydrogen-bond acceptors (Lipinski definition) is 2. The Morgan fingerprint density at radius 2 is 2.05 bits per heavy atom. The molecule has 2 aliphatic rings. The summed E-state index contributed by atoms with van der Waals surface area (Å²) < 4.78 is 0. The lowest BCUT2D eigenvalue weighted by Gasteiger charge is -2.42. The average Bonchev–Trinajstić information content (AvgIpc) is 3.26. The zero-order chi connectivity index (χ0) is 13.4. The van der Waals surface area contributed by atoms with Crippen LogP contribution in [0.25, 0.3) is 0 Å². The van der Waals surface area contributed by atoms with Crippen molar-refractivity contribution in [3.8, 4) is 0 Å². The zero-order valence-electron chi connectivity index (χ0n) is 12.4. The van der Waals surface area contributed by atoms with Crippen molar-refractivity contribution in [1.82, 2.24) is 5.32 Å². The summed E-state index contributed by atoms with van der Waals surface area (Å²) in [6, 6.07) is 8.09. The predicted molar refractivity (Wildman–Crippen MR) is 81.9 cm³/mol. The standard InChI is InChI=1S/C17H26N2/c1-4-15-10-18-16(14-8-9-14)11-19(15)17-7-5-6-12(2)13(17)3/h5-7,14-16,18H,4,8-11H2,1-3H3. The SMILES string of the molecule is CCC1CNC(C2CC2)CN1c1cccc(C)c1C. The maximum atomic E-state index is 3.77. The van der Waals surface area contributed by atoms with Crippen LogP contribution in [0.1, 0.15) is 37.3 Å². The van der Waals surface area contributed by atoms with Gasteiger partial charge in [0, 0.05) is 30.9 Å². The van der Waals surface area contributed by atoms with Crippen LogP contribution in [0, 0.1) is 19.8 Å². The number of nitrogens with one attached hydrogen (secondary N) is 1. The molecule has 2 heteroatoms. The molecule has 0 amide bonds. The third kappa shape index (κ3) is 2.51. The molecule has 1 saturated carbocycles. The Hall–Kier alpha value is -1.02. The third-order valence-electron chi connectivity index (χ3n) is 5.00. The van der Waals surface area contributed by atoms with Crippen molar-refractivity contribution >= 4 is 5.69 Å². The Balaban J connectivity index is 1.87. The molecule has 1 aromatic rings. The van der Waals surface area contributed by atoms with E-state index < -0.39 is 0 Å². The monoisotopic (exact) mass is 258 g/mol. The van der Waals surface area contributed by atoms with Gasteiger partial charge in [0.25, 0.3) is 0 Å². The van der Waals surface area contributed by atoms with Crippen LogP contribution in [0.15, 0.2) is 18.2 Å². The number of piperazine rings is 1. The molecule has 1 heterocycles. The molecule has 0 aromatic heterocycles. The fourth-order valence-corrected chi connectivity index (χ4v) is 3.34. The summed E-state index contributed by atoms with van der Waals surface area (Å²) in [5, 5.41) is 3.77. The average molecular weight is 258 g/mol. The largest absolute Gasteiger partial charge is 0.365 e. The predicted octanol–water partition coefficient (Wildman–Crippen LogP) is 3.27. The van der Waals surface area contributed by atoms with E-state index in [0.717, 1.165) is 12.5 Å². The van der Waals surface area contributed by atoms with Crippen LogP contribution in [-0.2, 0) is 0 Å². The van der Waals surface area contributed by atoms with Gasteiger partial charge in [0.1, 0.15) is 0 Å². The highest BCUT2D eigenvalue weighted by Crippen LogP contribution is 2.36. The van der Waals surface area contributed by atoms with Gasteiger partial charge in [0.15, 0.2) is 0 Å². The molecular weight excluding hydrogens is 232 g/mol. The number of benzene rings is 1. The maximum Gasteiger partial charge on any atom is 0.0412 e. The van der Waals surface area contributed by atoms with Gasteiger partial charge >= 0.3 is 0 Å². The Labute approximate surface area is 117 Å². The van der Waals surface area contributed by atoms with Crippen molar-refractivity contribution in [2.45, 2.75) is 52.1 Å². The van der Waals surface area contributed by atoms with Crippen molar-refractivity contribution in [3.05, 3.63) is 29.3 Å². The molecule has 19 heavy (non-hydrogen) atoms. The molecule has 0 radical (unpaired) electrons. The van der Waals surface area contributed by atoms with Crippen LogP contribution in [0.4, 0.5) is 5.69 Å². The first-order valence-electron chi connectivity index (χ1n) is 7.77. The molecule has 104 valence electrons. The normalized spacial score (nSPS) is 27.6. The minimum Gasteiger partial charge on any atom is -0.365 e. The first-order chi connectivity index (χ1) is 9.20. The van der Waals surface area contributed by atoms with Crippen molar-refractivity contribution in [2.24, 2.45) is 5.92 Å². The molecule has 0 bridgehead atoms. The minimum absolute atomic E-state index is 0.649. The second-order valence-corrected chi connectivity index (χ2v) is 6.29. The first-order valence-corrected chi connectivity index (χ1v) is 7.77. The van der Waals surface area contributed by atoms with Gasteiger partial charge in [-0.25, -0.2) is 0 Å². The fourth-order valence-electron chi connectivity index (χ4n) is 3.34. The van der Waals surface area contributed by atoms with E-state index in [-0.39, 0.29) is 0 Å². The van der Waals surface area contributed by atoms with Crippen LogP contribution in [0.3, 0.4) is 0 Å². The van der Waals surface area contributed by atoms with Crippen molar-refractivity contribution in [2.75, 3.05) is 18.0 Å². The Kier molecular flexibility index (Phi) is 3.53. The van der Waals surface area contributed by atoms with Gasteiger partial charge in [0.2, 0.25) is 0 Å². The molecule has 1 aliphatic carbocycles. The van der Waals surface area contributed by atoms with Crippen LogP contribution in [-0.4, -0.2) is 25.2 Å². The summed E-state index contributed by atoms with van der Waals surface area (Å²) in [6.07, 6.45) is 4.07. The molecule has 0 spiro atoms. The smallest absolute Gasteiger partial charge is 0.0412 e. The Bertz CT molecular complexity index is 451. The maximum absolute atomic E-state index is 3.77. The Morgan fingerprint density at radius 1 is 1.26 bits per heavy atom. The van der Waals surface area contributed by atoms with Crippen molar-refractivity contribution in [1.29, 1.82) is 0 Å². The van der Waals surface area contributed by atoms with E-state index in [1.807, 2.05) is 0 Å². The zero-order valence-corrected chi connectivity index (χ0v) is 12.4. The van der Waals surface area contributed by atoms with Gasteiger partial charge in [0.05, 0.1) is 0 Å². The molecule has 2 atom stereocenters. The van der Waals surface area contributed by atoms with Gasteiger partial charge in [-0.15, -0.1) is 0 Å². The molecule has 2 nitrogen and oxygen atoms in total. The number of hydrogen-bond donors (Lipinski definition) is 1. The first kappa shape index (κ1) is 13.0. The Morgan fingerprint density at radius 3 is 2.74 bits per heavy atom. The molecule has 1 N–H and O–H groups in total.